The number of aromatic amines is 1. The molecule has 6 heteroatoms. The summed E-state index contributed by atoms with van der Waals surface area (Å²) in [4.78, 5) is 35.6. The second kappa shape index (κ2) is 8.54. The van der Waals surface area contributed by atoms with Gasteiger partial charge in [0.05, 0.1) is 17.4 Å². The first kappa shape index (κ1) is 20.9. The van der Waals surface area contributed by atoms with Crippen LogP contribution in [0.3, 0.4) is 0 Å². The minimum absolute atomic E-state index is 0.0133. The zero-order valence-electron chi connectivity index (χ0n) is 18.5. The van der Waals surface area contributed by atoms with Crippen molar-refractivity contribution in [1.82, 2.24) is 14.9 Å². The molecule has 2 N–H and O–H groups in total. The third-order valence-corrected chi connectivity index (χ3v) is 6.67. The molecule has 166 valence electrons. The molecular formula is C27H26N4O2. The van der Waals surface area contributed by atoms with Crippen LogP contribution in [0.25, 0.3) is 11.0 Å². The molecule has 0 bridgehead atoms. The van der Waals surface area contributed by atoms with Crippen LogP contribution in [0.2, 0.25) is 0 Å². The van der Waals surface area contributed by atoms with E-state index in [0.29, 0.717) is 25.1 Å². The van der Waals surface area contributed by atoms with Crippen LogP contribution in [-0.4, -0.2) is 38.8 Å². The lowest BCUT2D eigenvalue weighted by atomic mass is 9.82. The molecule has 0 saturated carbocycles. The van der Waals surface area contributed by atoms with Gasteiger partial charge < -0.3 is 15.2 Å². The van der Waals surface area contributed by atoms with Gasteiger partial charge in [0.25, 0.3) is 0 Å². The largest absolute Gasteiger partial charge is 0.345 e. The van der Waals surface area contributed by atoms with Crippen molar-refractivity contribution in [1.29, 1.82) is 0 Å². The number of rotatable bonds is 6. The number of anilines is 1. The normalized spacial score (nSPS) is 17.7. The van der Waals surface area contributed by atoms with E-state index in [2.05, 4.69) is 39.6 Å². The minimum Gasteiger partial charge on any atom is -0.345 e. The Labute approximate surface area is 192 Å². The van der Waals surface area contributed by atoms with Crippen LogP contribution in [-0.2, 0) is 9.59 Å². The van der Waals surface area contributed by atoms with Crippen molar-refractivity contribution in [2.45, 2.75) is 31.2 Å². The van der Waals surface area contributed by atoms with Crippen molar-refractivity contribution in [2.24, 2.45) is 0 Å². The number of hydrogen-bond acceptors (Lipinski definition) is 3. The van der Waals surface area contributed by atoms with E-state index in [-0.39, 0.29) is 17.7 Å². The Morgan fingerprint density at radius 3 is 2.30 bits per heavy atom. The summed E-state index contributed by atoms with van der Waals surface area (Å²) in [6.45, 7) is 2.43. The predicted octanol–water partition coefficient (Wildman–Crippen LogP) is 4.71. The number of nitrogens with zero attached hydrogens (tertiary/aromatic N) is 2. The van der Waals surface area contributed by atoms with E-state index in [4.69, 9.17) is 0 Å². The Balaban J connectivity index is 1.33. The van der Waals surface area contributed by atoms with E-state index in [1.54, 1.807) is 11.2 Å². The summed E-state index contributed by atoms with van der Waals surface area (Å²) in [6, 6.07) is 25.7. The molecule has 6 nitrogen and oxygen atoms in total. The van der Waals surface area contributed by atoms with Crippen LogP contribution in [0.1, 0.15) is 36.8 Å². The molecule has 1 saturated heterocycles. The van der Waals surface area contributed by atoms with Crippen LogP contribution < -0.4 is 5.32 Å². The van der Waals surface area contributed by atoms with Crippen molar-refractivity contribution in [3.63, 3.8) is 0 Å². The first-order valence-corrected chi connectivity index (χ1v) is 11.2. The standard InChI is InChI=1S/C27H26N4O2/c1-27(26(33)30-21-12-13-23-24(16-21)29-18-28-23)14-15-31(27)25(32)17-22(19-8-4-2-5-9-19)20-10-6-3-7-11-20/h2-13,16,18,22H,14-15,17H2,1H3,(H,28,29)(H,30,33). The monoisotopic (exact) mass is 438 g/mol. The Bertz CT molecular complexity index is 1250. The molecule has 1 fully saturated rings. The van der Waals surface area contributed by atoms with E-state index in [9.17, 15) is 9.59 Å². The highest BCUT2D eigenvalue weighted by Crippen LogP contribution is 2.36. The molecule has 33 heavy (non-hydrogen) atoms. The Hall–Kier alpha value is -3.93. The fourth-order valence-corrected chi connectivity index (χ4v) is 4.56. The number of benzene rings is 3. The van der Waals surface area contributed by atoms with Crippen LogP contribution in [0.5, 0.6) is 0 Å². The number of likely N-dealkylation sites (tertiary alicyclic amines) is 1. The molecule has 2 heterocycles. The first-order chi connectivity index (χ1) is 16.0. The van der Waals surface area contributed by atoms with Gasteiger partial charge in [-0.1, -0.05) is 60.7 Å². The number of hydrogen-bond donors (Lipinski definition) is 2. The zero-order valence-corrected chi connectivity index (χ0v) is 18.5. The topological polar surface area (TPSA) is 78.1 Å². The quantitative estimate of drug-likeness (QED) is 0.457. The second-order valence-electron chi connectivity index (χ2n) is 8.74. The number of aromatic nitrogens is 2. The number of carbonyl (C=O) groups excluding carboxylic acids is 2. The number of nitrogens with one attached hydrogen (secondary N) is 2. The van der Waals surface area contributed by atoms with Gasteiger partial charge in [0.15, 0.2) is 0 Å². The number of imidazole rings is 1. The van der Waals surface area contributed by atoms with Gasteiger partial charge in [-0.05, 0) is 42.7 Å². The van der Waals surface area contributed by atoms with E-state index in [1.807, 2.05) is 61.5 Å². The molecule has 4 aromatic rings. The molecule has 1 unspecified atom stereocenters. The van der Waals surface area contributed by atoms with Gasteiger partial charge in [0, 0.05) is 24.6 Å². The molecule has 0 spiro atoms. The highest BCUT2D eigenvalue weighted by atomic mass is 16.2. The highest BCUT2D eigenvalue weighted by molar-refractivity contribution is 6.02. The number of fused-ring (bicyclic) bond motifs is 1. The molecule has 1 aromatic heterocycles. The molecule has 0 radical (unpaired) electrons. The SMILES string of the molecule is CC1(C(=O)Nc2ccc3nc[nH]c3c2)CCN1C(=O)CC(c1ccccc1)c1ccccc1. The average molecular weight is 439 g/mol. The smallest absolute Gasteiger partial charge is 0.250 e. The van der Waals surface area contributed by atoms with Gasteiger partial charge in [0.1, 0.15) is 5.54 Å². The summed E-state index contributed by atoms with van der Waals surface area (Å²) in [5.74, 6) is -0.242. The van der Waals surface area contributed by atoms with Gasteiger partial charge in [-0.2, -0.15) is 0 Å². The Kier molecular flexibility index (Phi) is 5.42. The summed E-state index contributed by atoms with van der Waals surface area (Å²) in [5, 5.41) is 2.99. The summed E-state index contributed by atoms with van der Waals surface area (Å²) >= 11 is 0. The highest BCUT2D eigenvalue weighted by Gasteiger charge is 2.49. The summed E-state index contributed by atoms with van der Waals surface area (Å²) < 4.78 is 0. The molecule has 0 aliphatic carbocycles. The molecule has 5 rings (SSSR count). The van der Waals surface area contributed by atoms with Gasteiger partial charge in [-0.3, -0.25) is 9.59 Å². The number of carbonyl (C=O) groups is 2. The summed E-state index contributed by atoms with van der Waals surface area (Å²) in [6.07, 6.45) is 2.58. The lowest BCUT2D eigenvalue weighted by Gasteiger charge is -2.49. The van der Waals surface area contributed by atoms with Crippen molar-refractivity contribution < 1.29 is 9.59 Å². The van der Waals surface area contributed by atoms with Gasteiger partial charge in [0.2, 0.25) is 11.8 Å². The molecule has 1 aliphatic heterocycles. The van der Waals surface area contributed by atoms with Crippen molar-refractivity contribution in [2.75, 3.05) is 11.9 Å². The van der Waals surface area contributed by atoms with E-state index in [1.165, 1.54) is 0 Å². The summed E-state index contributed by atoms with van der Waals surface area (Å²) in [7, 11) is 0. The van der Waals surface area contributed by atoms with Gasteiger partial charge in [-0.25, -0.2) is 4.98 Å². The maximum absolute atomic E-state index is 13.4. The fourth-order valence-electron chi connectivity index (χ4n) is 4.56. The zero-order chi connectivity index (χ0) is 22.8. The maximum atomic E-state index is 13.4. The third-order valence-electron chi connectivity index (χ3n) is 6.67. The predicted molar refractivity (Wildman–Crippen MR) is 129 cm³/mol. The lowest BCUT2D eigenvalue weighted by Crippen LogP contribution is -2.66. The average Bonchev–Trinajstić information content (AvgIpc) is 3.30. The van der Waals surface area contributed by atoms with Crippen molar-refractivity contribution >= 4 is 28.5 Å². The van der Waals surface area contributed by atoms with Gasteiger partial charge in [-0.15, -0.1) is 0 Å². The van der Waals surface area contributed by atoms with Crippen LogP contribution in [0, 0.1) is 0 Å². The van der Waals surface area contributed by atoms with E-state index in [0.717, 1.165) is 22.2 Å². The van der Waals surface area contributed by atoms with Crippen LogP contribution in [0.15, 0.2) is 85.2 Å². The lowest BCUT2D eigenvalue weighted by molar-refractivity contribution is -0.154. The van der Waals surface area contributed by atoms with Crippen molar-refractivity contribution in [3.8, 4) is 0 Å². The van der Waals surface area contributed by atoms with E-state index >= 15 is 0 Å². The molecule has 1 aliphatic rings. The first-order valence-electron chi connectivity index (χ1n) is 11.2. The molecule has 3 aromatic carbocycles. The molecule has 1 atom stereocenters. The fraction of sp³-hybridized carbons (Fsp3) is 0.222. The molecule has 2 amide bonds. The molecular weight excluding hydrogens is 412 g/mol. The minimum atomic E-state index is -0.863. The number of H-pyrrole nitrogens is 1. The summed E-state index contributed by atoms with van der Waals surface area (Å²) in [5.41, 5.74) is 3.70. The van der Waals surface area contributed by atoms with E-state index < -0.39 is 5.54 Å². The Morgan fingerprint density at radius 1 is 1.03 bits per heavy atom. The van der Waals surface area contributed by atoms with Gasteiger partial charge >= 0.3 is 0 Å². The second-order valence-corrected chi connectivity index (χ2v) is 8.74. The van der Waals surface area contributed by atoms with Crippen LogP contribution >= 0.6 is 0 Å². The Morgan fingerprint density at radius 2 is 1.70 bits per heavy atom. The number of amides is 2. The van der Waals surface area contributed by atoms with Crippen molar-refractivity contribution in [3.05, 3.63) is 96.3 Å². The van der Waals surface area contributed by atoms with Crippen LogP contribution in [0.4, 0.5) is 5.69 Å². The maximum Gasteiger partial charge on any atom is 0.250 e. The third kappa shape index (κ3) is 4.00.